The van der Waals surface area contributed by atoms with E-state index in [2.05, 4.69) is 15.3 Å². The Balaban J connectivity index is 1.97. The summed E-state index contributed by atoms with van der Waals surface area (Å²) in [4.78, 5) is 9.74. The smallest absolute Gasteiger partial charge is 0.163 e. The van der Waals surface area contributed by atoms with Crippen molar-refractivity contribution in [3.05, 3.63) is 53.4 Å². The Morgan fingerprint density at radius 2 is 1.92 bits per heavy atom. The predicted octanol–water partition coefficient (Wildman–Crippen LogP) is 3.90. The number of allylic oxidation sites excluding steroid dienone is 2. The van der Waals surface area contributed by atoms with E-state index in [1.54, 1.807) is 24.4 Å². The summed E-state index contributed by atoms with van der Waals surface area (Å²) in [6.45, 7) is 1.88. The van der Waals surface area contributed by atoms with Gasteiger partial charge in [0.25, 0.3) is 0 Å². The number of nitriles is 3. The second-order valence-corrected chi connectivity index (χ2v) is 6.06. The molecule has 25 heavy (non-hydrogen) atoms. The highest BCUT2D eigenvalue weighted by molar-refractivity contribution is 7.21. The Bertz CT molecular complexity index is 1070. The van der Waals surface area contributed by atoms with Crippen LogP contribution in [0.4, 0.5) is 5.69 Å². The number of hydrogen-bond donors (Lipinski definition) is 1. The summed E-state index contributed by atoms with van der Waals surface area (Å²) in [6, 6.07) is 14.7. The fourth-order valence-electron chi connectivity index (χ4n) is 2.25. The third-order valence-corrected chi connectivity index (χ3v) is 4.51. The topological polar surface area (TPSA) is 109 Å². The van der Waals surface area contributed by atoms with Crippen LogP contribution in [0.25, 0.3) is 20.9 Å². The fraction of sp³-hybridized carbons (Fsp3) is 0.0556. The highest BCUT2D eigenvalue weighted by atomic mass is 32.1. The van der Waals surface area contributed by atoms with Crippen LogP contribution in [0, 0.1) is 40.9 Å². The van der Waals surface area contributed by atoms with Crippen LogP contribution in [0.1, 0.15) is 5.56 Å². The van der Waals surface area contributed by atoms with Crippen LogP contribution < -0.4 is 5.32 Å². The van der Waals surface area contributed by atoms with E-state index in [1.165, 1.54) is 11.3 Å². The molecule has 3 rings (SSSR count). The molecule has 0 spiro atoms. The second-order valence-electron chi connectivity index (χ2n) is 5.09. The molecule has 2 heterocycles. The minimum Gasteiger partial charge on any atom is -0.345 e. The summed E-state index contributed by atoms with van der Waals surface area (Å²) in [5.74, 6) is 0. The maximum Gasteiger partial charge on any atom is 0.163 e. The summed E-state index contributed by atoms with van der Waals surface area (Å²) in [5, 5.41) is 30.6. The lowest BCUT2D eigenvalue weighted by molar-refractivity contribution is 1.34. The molecule has 1 N–H and O–H groups in total. The van der Waals surface area contributed by atoms with Gasteiger partial charge in [0.15, 0.2) is 5.57 Å². The van der Waals surface area contributed by atoms with E-state index in [-0.39, 0.29) is 11.3 Å². The SMILES string of the molecule is Cc1cc(-c2nc3cccnc3s2)ccc1NC(C#N)=C(C#N)C#N. The van der Waals surface area contributed by atoms with E-state index in [0.717, 1.165) is 26.5 Å². The van der Waals surface area contributed by atoms with Crippen molar-refractivity contribution >= 4 is 27.4 Å². The number of benzene rings is 1. The number of rotatable bonds is 3. The molecular weight excluding hydrogens is 332 g/mol. The van der Waals surface area contributed by atoms with Crippen molar-refractivity contribution in [2.24, 2.45) is 0 Å². The maximum atomic E-state index is 9.14. The Hall–Kier alpha value is -3.73. The van der Waals surface area contributed by atoms with Crippen molar-refractivity contribution in [3.8, 4) is 28.8 Å². The minimum atomic E-state index is -0.247. The van der Waals surface area contributed by atoms with E-state index in [1.807, 2.05) is 37.3 Å². The lowest BCUT2D eigenvalue weighted by Crippen LogP contribution is -2.02. The Labute approximate surface area is 147 Å². The molecule has 0 aliphatic rings. The quantitative estimate of drug-likeness (QED) is 0.723. The van der Waals surface area contributed by atoms with Crippen LogP contribution in [0.3, 0.4) is 0 Å². The highest BCUT2D eigenvalue weighted by Gasteiger charge is 2.11. The molecule has 0 amide bonds. The number of pyridine rings is 1. The lowest BCUT2D eigenvalue weighted by atomic mass is 10.1. The molecule has 1 aromatic carbocycles. The first-order chi connectivity index (χ1) is 12.2. The molecule has 0 fully saturated rings. The molecule has 7 heteroatoms. The fourth-order valence-corrected chi connectivity index (χ4v) is 3.15. The van der Waals surface area contributed by atoms with Gasteiger partial charge in [-0.15, -0.1) is 0 Å². The van der Waals surface area contributed by atoms with Crippen LogP contribution in [0.15, 0.2) is 47.8 Å². The zero-order valence-corrected chi connectivity index (χ0v) is 13.9. The van der Waals surface area contributed by atoms with Crippen LogP contribution in [0.2, 0.25) is 0 Å². The van der Waals surface area contributed by atoms with E-state index in [0.29, 0.717) is 5.69 Å². The largest absolute Gasteiger partial charge is 0.345 e. The monoisotopic (exact) mass is 342 g/mol. The zero-order valence-electron chi connectivity index (χ0n) is 13.1. The van der Waals surface area contributed by atoms with E-state index in [9.17, 15) is 0 Å². The van der Waals surface area contributed by atoms with Gasteiger partial charge in [0.1, 0.15) is 39.3 Å². The number of nitrogens with zero attached hydrogens (tertiary/aromatic N) is 5. The van der Waals surface area contributed by atoms with Gasteiger partial charge >= 0.3 is 0 Å². The van der Waals surface area contributed by atoms with Gasteiger partial charge in [-0.1, -0.05) is 11.3 Å². The Kier molecular flexibility index (Phi) is 4.39. The average Bonchev–Trinajstić information content (AvgIpc) is 3.07. The molecule has 0 saturated carbocycles. The summed E-state index contributed by atoms with van der Waals surface area (Å²) in [7, 11) is 0. The molecule has 0 atom stereocenters. The van der Waals surface area contributed by atoms with Crippen LogP contribution in [-0.4, -0.2) is 9.97 Å². The van der Waals surface area contributed by atoms with Gasteiger partial charge in [-0.2, -0.15) is 15.8 Å². The van der Waals surface area contributed by atoms with Gasteiger partial charge < -0.3 is 5.32 Å². The number of fused-ring (bicyclic) bond motifs is 1. The van der Waals surface area contributed by atoms with Crippen molar-refractivity contribution in [3.63, 3.8) is 0 Å². The molecular formula is C18H10N6S. The third-order valence-electron chi connectivity index (χ3n) is 3.48. The van der Waals surface area contributed by atoms with E-state index < -0.39 is 0 Å². The normalized spacial score (nSPS) is 9.68. The second kappa shape index (κ2) is 6.80. The molecule has 6 nitrogen and oxygen atoms in total. The van der Waals surface area contributed by atoms with Crippen molar-refractivity contribution in [1.29, 1.82) is 15.8 Å². The maximum absolute atomic E-state index is 9.14. The van der Waals surface area contributed by atoms with E-state index >= 15 is 0 Å². The molecule has 3 aromatic rings. The summed E-state index contributed by atoms with van der Waals surface area (Å²) in [6.07, 6.45) is 1.74. The summed E-state index contributed by atoms with van der Waals surface area (Å²) in [5.41, 5.74) is 3.00. The molecule has 2 aromatic heterocycles. The van der Waals surface area contributed by atoms with Gasteiger partial charge in [0.2, 0.25) is 0 Å². The molecule has 0 saturated heterocycles. The number of thiazole rings is 1. The summed E-state index contributed by atoms with van der Waals surface area (Å²) < 4.78 is 0. The molecule has 118 valence electrons. The van der Waals surface area contributed by atoms with Gasteiger partial charge in [-0.3, -0.25) is 0 Å². The Morgan fingerprint density at radius 3 is 2.56 bits per heavy atom. The molecule has 0 aliphatic carbocycles. The van der Waals surface area contributed by atoms with E-state index in [4.69, 9.17) is 15.8 Å². The molecule has 0 bridgehead atoms. The standard InChI is InChI=1S/C18H10N6S/c1-11-7-12(17-24-15-3-2-6-22-18(15)25-17)4-5-14(11)23-16(10-21)13(8-19)9-20/h2-7,23H,1H3. The number of anilines is 1. The van der Waals surface area contributed by atoms with Crippen LogP contribution in [-0.2, 0) is 0 Å². The van der Waals surface area contributed by atoms with Gasteiger partial charge in [-0.05, 0) is 42.8 Å². The molecule has 0 unspecified atom stereocenters. The first-order valence-electron chi connectivity index (χ1n) is 7.20. The number of nitrogens with one attached hydrogen (secondary N) is 1. The van der Waals surface area contributed by atoms with Crippen molar-refractivity contribution in [1.82, 2.24) is 9.97 Å². The van der Waals surface area contributed by atoms with Crippen LogP contribution in [0.5, 0.6) is 0 Å². The Morgan fingerprint density at radius 1 is 1.12 bits per heavy atom. The first kappa shape index (κ1) is 16.1. The first-order valence-corrected chi connectivity index (χ1v) is 8.02. The number of aromatic nitrogens is 2. The van der Waals surface area contributed by atoms with Gasteiger partial charge in [-0.25, -0.2) is 9.97 Å². The van der Waals surface area contributed by atoms with Gasteiger partial charge in [0, 0.05) is 17.4 Å². The zero-order chi connectivity index (χ0) is 17.8. The van der Waals surface area contributed by atoms with Crippen molar-refractivity contribution < 1.29 is 0 Å². The number of hydrogen-bond acceptors (Lipinski definition) is 7. The average molecular weight is 342 g/mol. The molecule has 0 aliphatic heterocycles. The van der Waals surface area contributed by atoms with Crippen molar-refractivity contribution in [2.45, 2.75) is 6.92 Å². The highest BCUT2D eigenvalue weighted by Crippen LogP contribution is 2.31. The third kappa shape index (κ3) is 3.16. The van der Waals surface area contributed by atoms with Crippen LogP contribution >= 0.6 is 11.3 Å². The minimum absolute atomic E-state index is 0.0648. The predicted molar refractivity (Wildman–Crippen MR) is 95.1 cm³/mol. The van der Waals surface area contributed by atoms with Gasteiger partial charge in [0.05, 0.1) is 0 Å². The number of aryl methyl sites for hydroxylation is 1. The molecule has 0 radical (unpaired) electrons. The lowest BCUT2D eigenvalue weighted by Gasteiger charge is -2.09. The van der Waals surface area contributed by atoms with Crippen molar-refractivity contribution in [2.75, 3.05) is 5.32 Å². The summed E-state index contributed by atoms with van der Waals surface area (Å²) >= 11 is 1.51.